The van der Waals surface area contributed by atoms with Crippen LogP contribution >= 0.6 is 0 Å². The Labute approximate surface area is 145 Å². The van der Waals surface area contributed by atoms with Crippen molar-refractivity contribution >= 4 is 28.6 Å². The van der Waals surface area contributed by atoms with E-state index in [1.54, 1.807) is 6.07 Å². The summed E-state index contributed by atoms with van der Waals surface area (Å²) in [4.78, 5) is 36.7. The molecule has 0 atom stereocenters. The predicted molar refractivity (Wildman–Crippen MR) is 92.5 cm³/mol. The van der Waals surface area contributed by atoms with Crippen LogP contribution in [0.1, 0.15) is 25.8 Å². The Morgan fingerprint density at radius 1 is 1.12 bits per heavy atom. The van der Waals surface area contributed by atoms with E-state index in [2.05, 4.69) is 23.5 Å². The van der Waals surface area contributed by atoms with Crippen LogP contribution in [0.3, 0.4) is 0 Å². The van der Waals surface area contributed by atoms with Crippen LogP contribution < -0.4 is 10.5 Å². The average molecular weight is 347 g/mol. The van der Waals surface area contributed by atoms with E-state index in [0.29, 0.717) is 5.58 Å². The monoisotopic (exact) mass is 347 g/mol. The molecule has 1 heterocycles. The summed E-state index contributed by atoms with van der Waals surface area (Å²) < 4.78 is 14.6. The predicted octanol–water partition coefficient (Wildman–Crippen LogP) is 2.25. The maximum atomic E-state index is 12.1. The Bertz CT molecular complexity index is 822. The molecular weight excluding hydrogens is 326 g/mol. The second-order valence-electron chi connectivity index (χ2n) is 5.37. The molecule has 7 nitrogen and oxygen atoms in total. The first-order chi connectivity index (χ1) is 12.0. The lowest BCUT2D eigenvalue weighted by Crippen LogP contribution is -2.21. The molecule has 0 fully saturated rings. The van der Waals surface area contributed by atoms with Crippen LogP contribution in [0.15, 0.2) is 33.5 Å². The summed E-state index contributed by atoms with van der Waals surface area (Å²) >= 11 is 0. The fraction of sp³-hybridized carbons (Fsp3) is 0.389. The van der Waals surface area contributed by atoms with E-state index in [-0.39, 0.29) is 12.2 Å². The molecule has 2 aromatic rings. The fourth-order valence-corrected chi connectivity index (χ4v) is 2.43. The quantitative estimate of drug-likeness (QED) is 0.431. The molecule has 0 N–H and O–H groups in total. The van der Waals surface area contributed by atoms with Gasteiger partial charge < -0.3 is 18.8 Å². The molecule has 0 bridgehead atoms. The third kappa shape index (κ3) is 4.59. The molecule has 0 radical (unpaired) electrons. The van der Waals surface area contributed by atoms with Crippen molar-refractivity contribution in [2.75, 3.05) is 25.1 Å². The first-order valence-electron chi connectivity index (χ1n) is 8.02. The molecule has 2 rings (SSSR count). The number of fused-ring (bicyclic) bond motifs is 1. The summed E-state index contributed by atoms with van der Waals surface area (Å²) in [5.41, 5.74) is 1.08. The lowest BCUT2D eigenvalue weighted by atomic mass is 10.1. The minimum absolute atomic E-state index is 0.210. The topological polar surface area (TPSA) is 86.0 Å². The summed E-state index contributed by atoms with van der Waals surface area (Å²) in [6.45, 7) is 5.54. The van der Waals surface area contributed by atoms with Crippen LogP contribution in [0.5, 0.6) is 0 Å². The van der Waals surface area contributed by atoms with Crippen LogP contribution in [0.25, 0.3) is 11.0 Å². The number of benzene rings is 1. The van der Waals surface area contributed by atoms with Crippen LogP contribution in [-0.2, 0) is 25.7 Å². The molecular formula is C18H21NO6. The summed E-state index contributed by atoms with van der Waals surface area (Å²) in [6.07, 6.45) is -0.497. The molecule has 1 aromatic carbocycles. The van der Waals surface area contributed by atoms with Crippen molar-refractivity contribution in [2.45, 2.75) is 26.9 Å². The van der Waals surface area contributed by atoms with Gasteiger partial charge >= 0.3 is 17.6 Å². The molecule has 0 aliphatic heterocycles. The van der Waals surface area contributed by atoms with Crippen molar-refractivity contribution in [3.05, 3.63) is 40.2 Å². The number of rotatable bonds is 7. The molecule has 0 unspecified atom stereocenters. The molecule has 0 saturated carbocycles. The van der Waals surface area contributed by atoms with E-state index in [1.807, 2.05) is 18.2 Å². The van der Waals surface area contributed by atoms with Crippen LogP contribution in [0, 0.1) is 0 Å². The minimum Gasteiger partial charge on any atom is -0.469 e. The second kappa shape index (κ2) is 8.32. The van der Waals surface area contributed by atoms with Crippen molar-refractivity contribution < 1.29 is 23.5 Å². The van der Waals surface area contributed by atoms with Gasteiger partial charge in [0.2, 0.25) is 0 Å². The number of hydrogen-bond acceptors (Lipinski definition) is 7. The summed E-state index contributed by atoms with van der Waals surface area (Å²) in [6, 6.07) is 7.24. The number of hydrogen-bond donors (Lipinski definition) is 0. The molecule has 0 saturated heterocycles. The Balaban J connectivity index is 2.19. The number of carbonyl (C=O) groups is 2. The summed E-state index contributed by atoms with van der Waals surface area (Å²) in [7, 11) is 1.18. The lowest BCUT2D eigenvalue weighted by Gasteiger charge is -2.21. The first-order valence-corrected chi connectivity index (χ1v) is 8.02. The normalized spacial score (nSPS) is 10.5. The highest BCUT2D eigenvalue weighted by Gasteiger charge is 2.13. The van der Waals surface area contributed by atoms with E-state index in [0.717, 1.165) is 24.2 Å². The van der Waals surface area contributed by atoms with Gasteiger partial charge in [-0.3, -0.25) is 9.59 Å². The van der Waals surface area contributed by atoms with Gasteiger partial charge in [0.15, 0.2) is 0 Å². The summed E-state index contributed by atoms with van der Waals surface area (Å²) in [5.74, 6) is -1.46. The van der Waals surface area contributed by atoms with E-state index < -0.39 is 24.0 Å². The fourth-order valence-electron chi connectivity index (χ4n) is 2.43. The van der Waals surface area contributed by atoms with Gasteiger partial charge in [0.25, 0.3) is 0 Å². The highest BCUT2D eigenvalue weighted by Crippen LogP contribution is 2.22. The van der Waals surface area contributed by atoms with Gasteiger partial charge in [-0.1, -0.05) is 0 Å². The molecule has 0 aliphatic rings. The number of carbonyl (C=O) groups excluding carboxylic acids is 2. The van der Waals surface area contributed by atoms with Crippen LogP contribution in [0.2, 0.25) is 0 Å². The number of esters is 2. The third-order valence-corrected chi connectivity index (χ3v) is 3.83. The van der Waals surface area contributed by atoms with E-state index in [1.165, 1.54) is 7.11 Å². The van der Waals surface area contributed by atoms with Crippen molar-refractivity contribution in [1.82, 2.24) is 0 Å². The molecule has 0 spiro atoms. The van der Waals surface area contributed by atoms with Crippen molar-refractivity contribution in [2.24, 2.45) is 0 Å². The Morgan fingerprint density at radius 3 is 2.48 bits per heavy atom. The van der Waals surface area contributed by atoms with Crippen molar-refractivity contribution in [3.8, 4) is 0 Å². The maximum absolute atomic E-state index is 12.1. The maximum Gasteiger partial charge on any atom is 0.342 e. The van der Waals surface area contributed by atoms with Crippen LogP contribution in [-0.4, -0.2) is 32.1 Å². The van der Waals surface area contributed by atoms with Gasteiger partial charge in [-0.2, -0.15) is 0 Å². The van der Waals surface area contributed by atoms with E-state index in [9.17, 15) is 14.4 Å². The van der Waals surface area contributed by atoms with Gasteiger partial charge in [-0.05, 0) is 32.0 Å². The second-order valence-corrected chi connectivity index (χ2v) is 5.37. The zero-order chi connectivity index (χ0) is 18.4. The smallest absolute Gasteiger partial charge is 0.342 e. The van der Waals surface area contributed by atoms with Gasteiger partial charge in [0, 0.05) is 30.2 Å². The number of anilines is 1. The molecule has 25 heavy (non-hydrogen) atoms. The van der Waals surface area contributed by atoms with Gasteiger partial charge in [0.1, 0.15) is 18.6 Å². The van der Waals surface area contributed by atoms with Gasteiger partial charge in [-0.25, -0.2) is 4.79 Å². The van der Waals surface area contributed by atoms with Crippen molar-refractivity contribution in [3.63, 3.8) is 0 Å². The molecule has 134 valence electrons. The highest BCUT2D eigenvalue weighted by atomic mass is 16.5. The SMILES string of the molecule is CCN(CC)c1ccc2cc(COC(=O)CC(=O)OC)c(=O)oc2c1. The molecule has 7 heteroatoms. The Hall–Kier alpha value is -2.83. The largest absolute Gasteiger partial charge is 0.469 e. The minimum atomic E-state index is -0.761. The zero-order valence-corrected chi connectivity index (χ0v) is 14.5. The zero-order valence-electron chi connectivity index (χ0n) is 14.5. The third-order valence-electron chi connectivity index (χ3n) is 3.83. The molecule has 1 aromatic heterocycles. The first kappa shape index (κ1) is 18.5. The average Bonchev–Trinajstić information content (AvgIpc) is 2.60. The lowest BCUT2D eigenvalue weighted by molar-refractivity contribution is -0.153. The molecule has 0 aliphatic carbocycles. The molecule has 0 amide bonds. The highest BCUT2D eigenvalue weighted by molar-refractivity contribution is 5.91. The number of ether oxygens (including phenoxy) is 2. The van der Waals surface area contributed by atoms with Gasteiger partial charge in [-0.15, -0.1) is 0 Å². The Kier molecular flexibility index (Phi) is 6.16. The standard InChI is InChI=1S/C18H21NO6/c1-4-19(5-2)14-7-6-12-8-13(18(22)25-15(12)9-14)11-24-17(21)10-16(20)23-3/h6-9H,4-5,10-11H2,1-3H3. The number of methoxy groups -OCH3 is 1. The van der Waals surface area contributed by atoms with E-state index >= 15 is 0 Å². The Morgan fingerprint density at radius 2 is 1.84 bits per heavy atom. The van der Waals surface area contributed by atoms with Crippen LogP contribution in [0.4, 0.5) is 5.69 Å². The summed E-state index contributed by atoms with van der Waals surface area (Å²) in [5, 5.41) is 0.731. The van der Waals surface area contributed by atoms with E-state index in [4.69, 9.17) is 9.15 Å². The van der Waals surface area contributed by atoms with Crippen molar-refractivity contribution in [1.29, 1.82) is 0 Å². The number of nitrogens with zero attached hydrogens (tertiary/aromatic N) is 1. The van der Waals surface area contributed by atoms with Gasteiger partial charge in [0.05, 0.1) is 12.7 Å².